The van der Waals surface area contributed by atoms with Crippen molar-refractivity contribution >= 4 is 40.0 Å². The van der Waals surface area contributed by atoms with Crippen molar-refractivity contribution in [3.8, 4) is 23.3 Å². The third-order valence-electron chi connectivity index (χ3n) is 5.03. The average molecular weight is 541 g/mol. The quantitative estimate of drug-likeness (QED) is 0.213. The van der Waals surface area contributed by atoms with E-state index in [0.29, 0.717) is 44.2 Å². The highest BCUT2D eigenvalue weighted by Crippen LogP contribution is 2.30. The van der Waals surface area contributed by atoms with Gasteiger partial charge < -0.3 is 23.8 Å². The Morgan fingerprint density at radius 3 is 2.57 bits per heavy atom. The topological polar surface area (TPSA) is 98.1 Å². The van der Waals surface area contributed by atoms with Crippen LogP contribution in [0.25, 0.3) is 12.2 Å². The Balaban J connectivity index is 1.75. The third-order valence-corrected chi connectivity index (χ3v) is 5.52. The van der Waals surface area contributed by atoms with Gasteiger partial charge in [-0.15, -0.1) is 0 Å². The molecule has 0 spiro atoms. The Morgan fingerprint density at radius 2 is 1.89 bits per heavy atom. The van der Waals surface area contributed by atoms with Crippen molar-refractivity contribution in [2.45, 2.75) is 6.92 Å². The molecule has 8 nitrogen and oxygen atoms in total. The molecule has 1 amide bonds. The summed E-state index contributed by atoms with van der Waals surface area (Å²) in [5.74, 6) is 0.183. The fourth-order valence-electron chi connectivity index (χ4n) is 3.34. The third kappa shape index (κ3) is 7.18. The van der Waals surface area contributed by atoms with Gasteiger partial charge in [0.2, 0.25) is 0 Å². The summed E-state index contributed by atoms with van der Waals surface area (Å²) in [4.78, 5) is 26.7. The summed E-state index contributed by atoms with van der Waals surface area (Å²) in [6.45, 7) is 4.15. The first-order chi connectivity index (χ1) is 16.9. The molecule has 1 fully saturated rings. The van der Waals surface area contributed by atoms with Crippen LogP contribution in [0.5, 0.6) is 17.2 Å². The van der Waals surface area contributed by atoms with Gasteiger partial charge in [0.1, 0.15) is 17.4 Å². The van der Waals surface area contributed by atoms with Gasteiger partial charge in [0.25, 0.3) is 5.91 Å². The molecule has 0 saturated carbocycles. The zero-order valence-electron chi connectivity index (χ0n) is 19.5. The predicted molar refractivity (Wildman–Crippen MR) is 134 cm³/mol. The lowest BCUT2D eigenvalue weighted by atomic mass is 10.1. The van der Waals surface area contributed by atoms with E-state index in [-0.39, 0.29) is 23.0 Å². The van der Waals surface area contributed by atoms with Crippen LogP contribution < -0.4 is 14.2 Å². The van der Waals surface area contributed by atoms with Gasteiger partial charge in [0, 0.05) is 29.2 Å². The van der Waals surface area contributed by atoms with Crippen molar-refractivity contribution in [3.63, 3.8) is 0 Å². The number of rotatable bonds is 8. The van der Waals surface area contributed by atoms with Gasteiger partial charge in [-0.25, -0.2) is 4.79 Å². The van der Waals surface area contributed by atoms with E-state index in [1.165, 1.54) is 19.3 Å². The van der Waals surface area contributed by atoms with Gasteiger partial charge in [-0.05, 0) is 55.0 Å². The molecular formula is C26H25BrN2O6. The van der Waals surface area contributed by atoms with Gasteiger partial charge >= 0.3 is 5.97 Å². The number of benzene rings is 2. The normalized spacial score (nSPS) is 13.9. The Hall–Kier alpha value is -3.61. The van der Waals surface area contributed by atoms with Crippen LogP contribution in [0.1, 0.15) is 18.1 Å². The summed E-state index contributed by atoms with van der Waals surface area (Å²) in [6, 6.07) is 12.2. The number of amides is 1. The van der Waals surface area contributed by atoms with E-state index in [4.69, 9.17) is 18.9 Å². The van der Waals surface area contributed by atoms with E-state index in [1.54, 1.807) is 29.2 Å². The van der Waals surface area contributed by atoms with E-state index >= 15 is 0 Å². The smallest absolute Gasteiger partial charge is 0.336 e. The number of hydrogen-bond acceptors (Lipinski definition) is 7. The molecule has 35 heavy (non-hydrogen) atoms. The number of ether oxygens (including phenoxy) is 4. The van der Waals surface area contributed by atoms with Crippen molar-refractivity contribution in [3.05, 3.63) is 63.6 Å². The maximum Gasteiger partial charge on any atom is 0.336 e. The molecule has 0 atom stereocenters. The van der Waals surface area contributed by atoms with Gasteiger partial charge in [-0.3, -0.25) is 4.79 Å². The van der Waals surface area contributed by atoms with Crippen molar-refractivity contribution < 1.29 is 28.5 Å². The number of carbonyl (C=O) groups excluding carboxylic acids is 2. The molecular weight excluding hydrogens is 516 g/mol. The minimum Gasteiger partial charge on any atom is -0.493 e. The minimum absolute atomic E-state index is 0.000699. The number of halogens is 1. The van der Waals surface area contributed by atoms with Gasteiger partial charge in [-0.1, -0.05) is 22.0 Å². The molecule has 9 heteroatoms. The van der Waals surface area contributed by atoms with Crippen molar-refractivity contribution in [2.24, 2.45) is 0 Å². The van der Waals surface area contributed by atoms with Crippen LogP contribution in [0.15, 0.2) is 52.5 Å². The fourth-order valence-corrected chi connectivity index (χ4v) is 3.72. The first kappa shape index (κ1) is 26.0. The van der Waals surface area contributed by atoms with Crippen LogP contribution >= 0.6 is 15.9 Å². The monoisotopic (exact) mass is 540 g/mol. The molecule has 0 aromatic heterocycles. The van der Waals surface area contributed by atoms with Crippen LogP contribution in [-0.4, -0.2) is 56.8 Å². The SMILES string of the molecule is CCOc1ccc(Br)cc1/C=C/C(=O)Oc1ccc(/C=C(\C#N)C(=O)N2CCOCC2)cc1OC. The Labute approximate surface area is 212 Å². The number of methoxy groups -OCH3 is 1. The first-order valence-corrected chi connectivity index (χ1v) is 11.7. The number of nitrogens with zero attached hydrogens (tertiary/aromatic N) is 2. The summed E-state index contributed by atoms with van der Waals surface area (Å²) in [6.07, 6.45) is 4.39. The standard InChI is InChI=1S/C26H25BrN2O6/c1-3-34-22-8-6-21(27)16-19(22)5-9-25(30)35-23-7-4-18(15-24(23)32-2)14-20(17-28)26(31)29-10-12-33-13-11-29/h4-9,14-16H,3,10-13H2,1-2H3/b9-5+,20-14+. The van der Waals surface area contributed by atoms with Crippen LogP contribution in [0.4, 0.5) is 0 Å². The molecule has 2 aromatic rings. The Bertz CT molecular complexity index is 1180. The van der Waals surface area contributed by atoms with Crippen LogP contribution in [0, 0.1) is 11.3 Å². The van der Waals surface area contributed by atoms with Crippen molar-refractivity contribution in [1.29, 1.82) is 5.26 Å². The van der Waals surface area contributed by atoms with Crippen LogP contribution in [0.2, 0.25) is 0 Å². The molecule has 0 bridgehead atoms. The predicted octanol–water partition coefficient (Wildman–Crippen LogP) is 4.24. The Kier molecular flexibility index (Phi) is 9.47. The van der Waals surface area contributed by atoms with Crippen LogP contribution in [0.3, 0.4) is 0 Å². The van der Waals surface area contributed by atoms with Crippen LogP contribution in [-0.2, 0) is 14.3 Å². The zero-order valence-corrected chi connectivity index (χ0v) is 21.0. The molecule has 1 heterocycles. The largest absolute Gasteiger partial charge is 0.493 e. The molecule has 0 N–H and O–H groups in total. The number of carbonyl (C=O) groups is 2. The van der Waals surface area contributed by atoms with E-state index < -0.39 is 5.97 Å². The highest BCUT2D eigenvalue weighted by molar-refractivity contribution is 9.10. The lowest BCUT2D eigenvalue weighted by Crippen LogP contribution is -2.41. The zero-order chi connectivity index (χ0) is 25.2. The summed E-state index contributed by atoms with van der Waals surface area (Å²) in [5, 5.41) is 9.49. The molecule has 0 radical (unpaired) electrons. The molecule has 182 valence electrons. The maximum absolute atomic E-state index is 12.6. The molecule has 0 unspecified atom stereocenters. The summed E-state index contributed by atoms with van der Waals surface area (Å²) in [5.41, 5.74) is 1.28. The second kappa shape index (κ2) is 12.7. The highest BCUT2D eigenvalue weighted by Gasteiger charge is 2.21. The highest BCUT2D eigenvalue weighted by atomic mass is 79.9. The molecule has 0 aliphatic carbocycles. The minimum atomic E-state index is -0.603. The second-order valence-corrected chi connectivity index (χ2v) is 8.27. The molecule has 1 saturated heterocycles. The van der Waals surface area contributed by atoms with E-state index in [2.05, 4.69) is 15.9 Å². The Morgan fingerprint density at radius 1 is 1.14 bits per heavy atom. The average Bonchev–Trinajstić information content (AvgIpc) is 2.88. The summed E-state index contributed by atoms with van der Waals surface area (Å²) < 4.78 is 22.5. The molecule has 1 aliphatic heterocycles. The van der Waals surface area contributed by atoms with E-state index in [1.807, 2.05) is 31.2 Å². The first-order valence-electron chi connectivity index (χ1n) is 10.9. The van der Waals surface area contributed by atoms with Gasteiger partial charge in [-0.2, -0.15) is 5.26 Å². The number of morpholine rings is 1. The number of esters is 1. The second-order valence-electron chi connectivity index (χ2n) is 7.35. The lowest BCUT2D eigenvalue weighted by molar-refractivity contribution is -0.130. The summed E-state index contributed by atoms with van der Waals surface area (Å²) >= 11 is 3.41. The summed E-state index contributed by atoms with van der Waals surface area (Å²) in [7, 11) is 1.44. The van der Waals surface area contributed by atoms with Crippen molar-refractivity contribution in [2.75, 3.05) is 40.0 Å². The number of hydrogen-bond donors (Lipinski definition) is 0. The number of nitriles is 1. The molecule has 2 aromatic carbocycles. The van der Waals surface area contributed by atoms with Gasteiger partial charge in [0.05, 0.1) is 26.9 Å². The fraction of sp³-hybridized carbons (Fsp3) is 0.269. The van der Waals surface area contributed by atoms with E-state index in [9.17, 15) is 14.9 Å². The van der Waals surface area contributed by atoms with Crippen molar-refractivity contribution in [1.82, 2.24) is 4.90 Å². The van der Waals surface area contributed by atoms with E-state index in [0.717, 1.165) is 10.0 Å². The molecule has 3 rings (SSSR count). The maximum atomic E-state index is 12.6. The van der Waals surface area contributed by atoms with Gasteiger partial charge in [0.15, 0.2) is 11.5 Å². The molecule has 1 aliphatic rings. The lowest BCUT2D eigenvalue weighted by Gasteiger charge is -2.26.